The third kappa shape index (κ3) is 3.37. The lowest BCUT2D eigenvalue weighted by atomic mass is 9.86. The molecule has 3 rings (SSSR count). The maximum Gasteiger partial charge on any atom is 0.315 e. The molecule has 1 aliphatic heterocycles. The molecule has 0 aromatic carbocycles. The molecule has 0 radical (unpaired) electrons. The van der Waals surface area contributed by atoms with Crippen molar-refractivity contribution in [3.63, 3.8) is 0 Å². The molecule has 6 nitrogen and oxygen atoms in total. The van der Waals surface area contributed by atoms with E-state index in [-0.39, 0.29) is 29.6 Å². The molecule has 2 unspecified atom stereocenters. The highest BCUT2D eigenvalue weighted by Crippen LogP contribution is 2.43. The van der Waals surface area contributed by atoms with Gasteiger partial charge in [-0.1, -0.05) is 0 Å². The summed E-state index contributed by atoms with van der Waals surface area (Å²) in [5, 5.41) is 15.1. The zero-order valence-electron chi connectivity index (χ0n) is 13.1. The van der Waals surface area contributed by atoms with Crippen molar-refractivity contribution >= 4 is 12.0 Å². The normalized spacial score (nSPS) is 38.5. The van der Waals surface area contributed by atoms with Crippen LogP contribution in [-0.4, -0.2) is 41.4 Å². The van der Waals surface area contributed by atoms with Gasteiger partial charge in [0, 0.05) is 12.6 Å². The molecule has 3 aliphatic rings. The molecule has 0 aromatic rings. The Bertz CT molecular complexity index is 443. The Morgan fingerprint density at radius 2 is 1.82 bits per heavy atom. The molecule has 1 saturated heterocycles. The van der Waals surface area contributed by atoms with Crippen molar-refractivity contribution in [2.24, 2.45) is 11.8 Å². The monoisotopic (exact) mass is 310 g/mol. The van der Waals surface area contributed by atoms with Crippen LogP contribution in [0.4, 0.5) is 4.79 Å². The fourth-order valence-electron chi connectivity index (χ4n) is 3.88. The molecule has 2 aliphatic carbocycles. The largest absolute Gasteiger partial charge is 0.481 e. The Labute approximate surface area is 131 Å². The third-order valence-electron chi connectivity index (χ3n) is 5.41. The van der Waals surface area contributed by atoms with Crippen LogP contribution in [0.15, 0.2) is 0 Å². The lowest BCUT2D eigenvalue weighted by Gasteiger charge is -2.33. The number of aliphatic carboxylic acids is 1. The first kappa shape index (κ1) is 15.6. The zero-order chi connectivity index (χ0) is 15.7. The second kappa shape index (κ2) is 6.07. The third-order valence-corrected chi connectivity index (χ3v) is 5.41. The summed E-state index contributed by atoms with van der Waals surface area (Å²) in [6, 6.07) is -0.0571. The average molecular weight is 310 g/mol. The van der Waals surface area contributed by atoms with E-state index in [4.69, 9.17) is 9.84 Å². The molecule has 6 heteroatoms. The fourth-order valence-corrected chi connectivity index (χ4v) is 3.88. The molecule has 0 aromatic heterocycles. The molecule has 0 bridgehead atoms. The maximum absolute atomic E-state index is 12.3. The lowest BCUT2D eigenvalue weighted by Crippen LogP contribution is -2.57. The van der Waals surface area contributed by atoms with Crippen molar-refractivity contribution in [3.05, 3.63) is 0 Å². The number of nitrogens with one attached hydrogen (secondary N) is 2. The zero-order valence-corrected chi connectivity index (χ0v) is 13.1. The average Bonchev–Trinajstić information content (AvgIpc) is 3.22. The number of rotatable bonds is 4. The maximum atomic E-state index is 12.3. The van der Waals surface area contributed by atoms with Gasteiger partial charge in [-0.2, -0.15) is 0 Å². The Hall–Kier alpha value is -1.30. The SMILES string of the molecule is CC1(NC(=O)NC2CCC(C(=O)O)CC2)CCOC1C1CC1. The first-order valence-electron chi connectivity index (χ1n) is 8.41. The van der Waals surface area contributed by atoms with E-state index in [1.165, 1.54) is 12.8 Å². The molecule has 2 atom stereocenters. The van der Waals surface area contributed by atoms with Crippen molar-refractivity contribution in [3.8, 4) is 0 Å². The van der Waals surface area contributed by atoms with Gasteiger partial charge in [0.25, 0.3) is 0 Å². The number of hydrogen-bond donors (Lipinski definition) is 3. The summed E-state index contributed by atoms with van der Waals surface area (Å²) < 4.78 is 5.82. The van der Waals surface area contributed by atoms with E-state index >= 15 is 0 Å². The summed E-state index contributed by atoms with van der Waals surface area (Å²) >= 11 is 0. The van der Waals surface area contributed by atoms with Crippen LogP contribution in [-0.2, 0) is 9.53 Å². The first-order chi connectivity index (χ1) is 10.5. The van der Waals surface area contributed by atoms with E-state index in [1.807, 2.05) is 0 Å². The summed E-state index contributed by atoms with van der Waals surface area (Å²) in [7, 11) is 0. The summed E-state index contributed by atoms with van der Waals surface area (Å²) in [4.78, 5) is 23.2. The number of carbonyl (C=O) groups is 2. The van der Waals surface area contributed by atoms with Gasteiger partial charge in [-0.15, -0.1) is 0 Å². The molecular formula is C16H26N2O4. The number of carboxylic acids is 1. The molecule has 3 fully saturated rings. The number of amides is 2. The number of ether oxygens (including phenoxy) is 1. The van der Waals surface area contributed by atoms with Gasteiger partial charge in [0.15, 0.2) is 0 Å². The Morgan fingerprint density at radius 1 is 1.14 bits per heavy atom. The minimum absolute atomic E-state index is 0.0842. The van der Waals surface area contributed by atoms with Gasteiger partial charge >= 0.3 is 12.0 Å². The van der Waals surface area contributed by atoms with Crippen LogP contribution < -0.4 is 10.6 Å². The predicted octanol–water partition coefficient (Wildman–Crippen LogP) is 1.89. The summed E-state index contributed by atoms with van der Waals surface area (Å²) in [6.07, 6.45) is 6.16. The van der Waals surface area contributed by atoms with Crippen molar-refractivity contribution in [2.75, 3.05) is 6.61 Å². The smallest absolute Gasteiger partial charge is 0.315 e. The van der Waals surface area contributed by atoms with Gasteiger partial charge in [-0.3, -0.25) is 4.79 Å². The van der Waals surface area contributed by atoms with Crippen LogP contribution >= 0.6 is 0 Å². The van der Waals surface area contributed by atoms with Gasteiger partial charge in [-0.05, 0) is 57.8 Å². The van der Waals surface area contributed by atoms with Gasteiger partial charge in [-0.25, -0.2) is 4.79 Å². The van der Waals surface area contributed by atoms with E-state index in [2.05, 4.69) is 17.6 Å². The molecule has 0 spiro atoms. The Balaban J connectivity index is 1.47. The molecule has 3 N–H and O–H groups in total. The molecule has 2 saturated carbocycles. The molecule has 1 heterocycles. The number of carbonyl (C=O) groups excluding carboxylic acids is 1. The second-order valence-corrected chi connectivity index (χ2v) is 7.28. The molecule has 124 valence electrons. The number of hydrogen-bond acceptors (Lipinski definition) is 3. The molecule has 2 amide bonds. The molecule has 22 heavy (non-hydrogen) atoms. The summed E-state index contributed by atoms with van der Waals surface area (Å²) in [5.41, 5.74) is -0.274. The summed E-state index contributed by atoms with van der Waals surface area (Å²) in [5.74, 6) is -0.370. The van der Waals surface area contributed by atoms with Gasteiger partial charge < -0.3 is 20.5 Å². The standard InChI is InChI=1S/C16H26N2O4/c1-16(8-9-22-13(16)10-2-3-10)18-15(21)17-12-6-4-11(5-7-12)14(19)20/h10-13H,2-9H2,1H3,(H,19,20)(H2,17,18,21). The Kier molecular flexibility index (Phi) is 4.30. The lowest BCUT2D eigenvalue weighted by molar-refractivity contribution is -0.142. The first-order valence-corrected chi connectivity index (χ1v) is 8.41. The highest BCUT2D eigenvalue weighted by molar-refractivity contribution is 5.75. The predicted molar refractivity (Wildman–Crippen MR) is 80.5 cm³/mol. The summed E-state index contributed by atoms with van der Waals surface area (Å²) in [6.45, 7) is 2.78. The van der Waals surface area contributed by atoms with Crippen molar-refractivity contribution in [1.29, 1.82) is 0 Å². The van der Waals surface area contributed by atoms with Crippen LogP contribution in [0.1, 0.15) is 51.9 Å². The van der Waals surface area contributed by atoms with Crippen molar-refractivity contribution in [1.82, 2.24) is 10.6 Å². The van der Waals surface area contributed by atoms with Crippen LogP contribution in [0.2, 0.25) is 0 Å². The van der Waals surface area contributed by atoms with Crippen LogP contribution in [0.25, 0.3) is 0 Å². The molecular weight excluding hydrogens is 284 g/mol. The quantitative estimate of drug-likeness (QED) is 0.740. The van der Waals surface area contributed by atoms with Crippen LogP contribution in [0, 0.1) is 11.8 Å². The van der Waals surface area contributed by atoms with E-state index in [0.717, 1.165) is 19.3 Å². The topological polar surface area (TPSA) is 87.7 Å². The van der Waals surface area contributed by atoms with Crippen molar-refractivity contribution in [2.45, 2.75) is 69.6 Å². The highest BCUT2D eigenvalue weighted by atomic mass is 16.5. The minimum atomic E-state index is -0.717. The van der Waals surface area contributed by atoms with E-state index in [0.29, 0.717) is 25.4 Å². The second-order valence-electron chi connectivity index (χ2n) is 7.28. The highest BCUT2D eigenvalue weighted by Gasteiger charge is 2.49. The fraction of sp³-hybridized carbons (Fsp3) is 0.875. The van der Waals surface area contributed by atoms with Gasteiger partial charge in [0.2, 0.25) is 0 Å². The van der Waals surface area contributed by atoms with Gasteiger partial charge in [0.05, 0.1) is 17.6 Å². The van der Waals surface area contributed by atoms with E-state index < -0.39 is 5.97 Å². The van der Waals surface area contributed by atoms with Crippen molar-refractivity contribution < 1.29 is 19.4 Å². The number of carboxylic acid groups (broad SMARTS) is 1. The van der Waals surface area contributed by atoms with E-state index in [1.54, 1.807) is 0 Å². The van der Waals surface area contributed by atoms with Crippen LogP contribution in [0.5, 0.6) is 0 Å². The van der Waals surface area contributed by atoms with Gasteiger partial charge in [0.1, 0.15) is 0 Å². The van der Waals surface area contributed by atoms with Crippen LogP contribution in [0.3, 0.4) is 0 Å². The Morgan fingerprint density at radius 3 is 2.41 bits per heavy atom. The number of urea groups is 1. The minimum Gasteiger partial charge on any atom is -0.481 e. The van der Waals surface area contributed by atoms with E-state index in [9.17, 15) is 9.59 Å².